The molecule has 1 aliphatic carbocycles. The Bertz CT molecular complexity index is 463. The zero-order valence-electron chi connectivity index (χ0n) is 10.8. The molecule has 1 fully saturated rings. The molecule has 1 unspecified atom stereocenters. The number of methoxy groups -OCH3 is 1. The lowest BCUT2D eigenvalue weighted by atomic mass is 10.2. The second-order valence-corrected chi connectivity index (χ2v) is 4.43. The van der Waals surface area contributed by atoms with Gasteiger partial charge in [0.1, 0.15) is 11.9 Å². The van der Waals surface area contributed by atoms with Crippen molar-refractivity contribution >= 4 is 11.9 Å². The highest BCUT2D eigenvalue weighted by molar-refractivity contribution is 5.81. The second kappa shape index (κ2) is 5.71. The zero-order chi connectivity index (χ0) is 13.0. The van der Waals surface area contributed by atoms with E-state index in [9.17, 15) is 4.79 Å². The lowest BCUT2D eigenvalue weighted by molar-refractivity contribution is -0.117. The van der Waals surface area contributed by atoms with Crippen LogP contribution in [0.15, 0.2) is 24.3 Å². The molecule has 1 atom stereocenters. The van der Waals surface area contributed by atoms with E-state index >= 15 is 0 Å². The number of Topliss-reactive ketones (excluding diaryl/α,β-unsaturated/α-hetero) is 1. The van der Waals surface area contributed by atoms with Crippen molar-refractivity contribution in [3.05, 3.63) is 29.8 Å². The topological polar surface area (TPSA) is 35.5 Å². The predicted molar refractivity (Wildman–Crippen MR) is 71.0 cm³/mol. The van der Waals surface area contributed by atoms with E-state index in [0.717, 1.165) is 12.0 Å². The van der Waals surface area contributed by atoms with Gasteiger partial charge in [0.25, 0.3) is 0 Å². The molecule has 0 spiro atoms. The molecule has 1 aliphatic rings. The van der Waals surface area contributed by atoms with Crippen LogP contribution in [0.2, 0.25) is 0 Å². The summed E-state index contributed by atoms with van der Waals surface area (Å²) in [4.78, 5) is 11.2. The molecular weight excluding hydrogens is 228 g/mol. The first-order valence-electron chi connectivity index (χ1n) is 6.22. The van der Waals surface area contributed by atoms with Crippen LogP contribution in [0.3, 0.4) is 0 Å². The molecule has 96 valence electrons. The van der Waals surface area contributed by atoms with E-state index in [0.29, 0.717) is 24.3 Å². The van der Waals surface area contributed by atoms with Crippen molar-refractivity contribution in [1.29, 1.82) is 0 Å². The highest BCUT2D eigenvalue weighted by Gasteiger charge is 2.24. The smallest absolute Gasteiger partial charge is 0.161 e. The monoisotopic (exact) mass is 246 g/mol. The van der Waals surface area contributed by atoms with Gasteiger partial charge in [-0.1, -0.05) is 18.2 Å². The van der Waals surface area contributed by atoms with Crippen molar-refractivity contribution in [2.75, 3.05) is 7.11 Å². The molecule has 1 saturated carbocycles. The predicted octanol–water partition coefficient (Wildman–Crippen LogP) is 3.23. The van der Waals surface area contributed by atoms with Gasteiger partial charge in [0, 0.05) is 12.8 Å². The summed E-state index contributed by atoms with van der Waals surface area (Å²) in [5.74, 6) is 1.71. The number of ether oxygens (including phenoxy) is 2. The summed E-state index contributed by atoms with van der Waals surface area (Å²) < 4.78 is 11.2. The molecule has 3 nitrogen and oxygen atoms in total. The largest absolute Gasteiger partial charge is 0.493 e. The molecule has 0 amide bonds. The Kier molecular flexibility index (Phi) is 4.03. The second-order valence-electron chi connectivity index (χ2n) is 4.43. The van der Waals surface area contributed by atoms with Crippen LogP contribution in [-0.4, -0.2) is 19.0 Å². The molecule has 2 rings (SSSR count). The number of ketones is 1. The Morgan fingerprint density at radius 1 is 1.33 bits per heavy atom. The summed E-state index contributed by atoms with van der Waals surface area (Å²) in [6.07, 6.45) is 5.93. The van der Waals surface area contributed by atoms with Gasteiger partial charge in [-0.2, -0.15) is 0 Å². The minimum Gasteiger partial charge on any atom is -0.493 e. The van der Waals surface area contributed by atoms with Crippen molar-refractivity contribution < 1.29 is 14.3 Å². The van der Waals surface area contributed by atoms with E-state index in [4.69, 9.17) is 9.47 Å². The third-order valence-electron chi connectivity index (χ3n) is 3.04. The molecule has 1 aromatic rings. The highest BCUT2D eigenvalue weighted by atomic mass is 16.5. The van der Waals surface area contributed by atoms with Crippen LogP contribution >= 0.6 is 0 Å². The Hall–Kier alpha value is -1.77. The fourth-order valence-corrected chi connectivity index (χ4v) is 2.14. The average Bonchev–Trinajstić information content (AvgIpc) is 2.77. The summed E-state index contributed by atoms with van der Waals surface area (Å²) in [5.41, 5.74) is 1.07. The Balaban J connectivity index is 2.14. The first-order chi connectivity index (χ1) is 8.72. The lowest BCUT2D eigenvalue weighted by Crippen LogP contribution is -2.12. The summed E-state index contributed by atoms with van der Waals surface area (Å²) in [6, 6.07) is 5.82. The summed E-state index contributed by atoms with van der Waals surface area (Å²) in [7, 11) is 1.63. The summed E-state index contributed by atoms with van der Waals surface area (Å²) in [6.45, 7) is 1.97. The Morgan fingerprint density at radius 2 is 2.17 bits per heavy atom. The normalized spacial score (nSPS) is 19.4. The average molecular weight is 246 g/mol. The van der Waals surface area contributed by atoms with Gasteiger partial charge in [0.05, 0.1) is 7.11 Å². The van der Waals surface area contributed by atoms with Crippen molar-refractivity contribution in [1.82, 2.24) is 0 Å². The lowest BCUT2D eigenvalue weighted by Gasteiger charge is -2.15. The van der Waals surface area contributed by atoms with Gasteiger partial charge in [0.15, 0.2) is 11.5 Å². The Labute approximate surface area is 107 Å². The maximum Gasteiger partial charge on any atom is 0.161 e. The van der Waals surface area contributed by atoms with Crippen LogP contribution in [0, 0.1) is 0 Å². The standard InChI is InChI=1S/C15H18O3/c1-3-4-11-5-8-14(15(9-11)17-2)18-13-7-6-12(16)10-13/h3-5,8-9,13H,6-7,10H2,1-2H3. The van der Waals surface area contributed by atoms with Crippen LogP contribution < -0.4 is 9.47 Å². The fourth-order valence-electron chi connectivity index (χ4n) is 2.14. The van der Waals surface area contributed by atoms with Gasteiger partial charge >= 0.3 is 0 Å². The van der Waals surface area contributed by atoms with Gasteiger partial charge in [-0.05, 0) is 31.0 Å². The van der Waals surface area contributed by atoms with Gasteiger partial charge < -0.3 is 9.47 Å². The fraction of sp³-hybridized carbons (Fsp3) is 0.400. The first-order valence-corrected chi connectivity index (χ1v) is 6.22. The number of benzene rings is 1. The molecule has 0 N–H and O–H groups in total. The molecule has 0 saturated heterocycles. The van der Waals surface area contributed by atoms with Crippen LogP contribution in [0.5, 0.6) is 11.5 Å². The van der Waals surface area contributed by atoms with Gasteiger partial charge in [0.2, 0.25) is 0 Å². The molecule has 18 heavy (non-hydrogen) atoms. The van der Waals surface area contributed by atoms with Crippen LogP contribution in [-0.2, 0) is 4.79 Å². The van der Waals surface area contributed by atoms with Gasteiger partial charge in [-0.3, -0.25) is 4.79 Å². The van der Waals surface area contributed by atoms with E-state index in [1.54, 1.807) is 7.11 Å². The maximum absolute atomic E-state index is 11.2. The first kappa shape index (κ1) is 12.7. The number of carbonyl (C=O) groups excluding carboxylic acids is 1. The molecule has 0 aromatic heterocycles. The van der Waals surface area contributed by atoms with Gasteiger partial charge in [-0.25, -0.2) is 0 Å². The maximum atomic E-state index is 11.2. The quantitative estimate of drug-likeness (QED) is 0.818. The third-order valence-corrected chi connectivity index (χ3v) is 3.04. The number of carbonyl (C=O) groups is 1. The molecule has 3 heteroatoms. The minimum absolute atomic E-state index is 0.000956. The molecule has 1 aromatic carbocycles. The van der Waals surface area contributed by atoms with E-state index < -0.39 is 0 Å². The molecule has 0 bridgehead atoms. The van der Waals surface area contributed by atoms with Gasteiger partial charge in [-0.15, -0.1) is 0 Å². The Morgan fingerprint density at radius 3 is 2.78 bits per heavy atom. The van der Waals surface area contributed by atoms with Crippen molar-refractivity contribution in [2.45, 2.75) is 32.3 Å². The SMILES string of the molecule is CC=Cc1ccc(OC2CCC(=O)C2)c(OC)c1. The molecule has 0 aliphatic heterocycles. The van der Waals surface area contributed by atoms with Crippen LogP contribution in [0.4, 0.5) is 0 Å². The molecular formula is C15H18O3. The van der Waals surface area contributed by atoms with Crippen molar-refractivity contribution in [3.63, 3.8) is 0 Å². The minimum atomic E-state index is -0.000956. The van der Waals surface area contributed by atoms with Crippen molar-refractivity contribution in [2.24, 2.45) is 0 Å². The zero-order valence-corrected chi connectivity index (χ0v) is 10.8. The van der Waals surface area contributed by atoms with Crippen LogP contribution in [0.1, 0.15) is 31.7 Å². The van der Waals surface area contributed by atoms with E-state index in [1.165, 1.54) is 0 Å². The summed E-state index contributed by atoms with van der Waals surface area (Å²) in [5, 5.41) is 0. The van der Waals surface area contributed by atoms with E-state index in [-0.39, 0.29) is 11.9 Å². The number of hydrogen-bond acceptors (Lipinski definition) is 3. The van der Waals surface area contributed by atoms with E-state index in [1.807, 2.05) is 37.3 Å². The van der Waals surface area contributed by atoms with Crippen molar-refractivity contribution in [3.8, 4) is 11.5 Å². The van der Waals surface area contributed by atoms with E-state index in [2.05, 4.69) is 0 Å². The van der Waals surface area contributed by atoms with Crippen LogP contribution in [0.25, 0.3) is 6.08 Å². The molecule has 0 heterocycles. The number of hydrogen-bond donors (Lipinski definition) is 0. The molecule has 0 radical (unpaired) electrons. The summed E-state index contributed by atoms with van der Waals surface area (Å²) >= 11 is 0. The number of allylic oxidation sites excluding steroid dienone is 1. The third kappa shape index (κ3) is 2.92. The number of rotatable bonds is 4. The highest BCUT2D eigenvalue weighted by Crippen LogP contribution is 2.31.